The van der Waals surface area contributed by atoms with E-state index in [1.807, 2.05) is 25.1 Å². The first kappa shape index (κ1) is 34.8. The number of carboxylic acid groups (broad SMARTS) is 1. The third kappa shape index (κ3) is 8.78. The van der Waals surface area contributed by atoms with E-state index in [-0.39, 0.29) is 17.9 Å². The van der Waals surface area contributed by atoms with E-state index < -0.39 is 30.4 Å². The van der Waals surface area contributed by atoms with Crippen molar-refractivity contribution >= 4 is 41.0 Å². The number of anilines is 3. The summed E-state index contributed by atoms with van der Waals surface area (Å²) < 4.78 is 15.9. The Hall–Kier alpha value is -6.11. The number of aromatic nitrogens is 1. The van der Waals surface area contributed by atoms with Crippen molar-refractivity contribution in [1.82, 2.24) is 10.3 Å². The van der Waals surface area contributed by atoms with Crippen molar-refractivity contribution in [3.63, 3.8) is 0 Å². The second-order valence-electron chi connectivity index (χ2n) is 10.7. The van der Waals surface area contributed by atoms with E-state index in [4.69, 9.17) is 14.2 Å². The summed E-state index contributed by atoms with van der Waals surface area (Å²) >= 11 is 0. The first-order valence-electron chi connectivity index (χ1n) is 14.8. The van der Waals surface area contributed by atoms with Crippen molar-refractivity contribution in [2.75, 3.05) is 43.9 Å². The lowest BCUT2D eigenvalue weighted by atomic mass is 10.0. The Balaban J connectivity index is 1.41. The highest BCUT2D eigenvalue weighted by atomic mass is 16.5. The van der Waals surface area contributed by atoms with Crippen LogP contribution < -0.4 is 35.1 Å². The minimum absolute atomic E-state index is 0.00893. The van der Waals surface area contributed by atoms with Crippen LogP contribution in [0.3, 0.4) is 0 Å². The summed E-state index contributed by atoms with van der Waals surface area (Å²) in [5.41, 5.74) is 3.36. The lowest BCUT2D eigenvalue weighted by Gasteiger charge is -2.20. The van der Waals surface area contributed by atoms with Crippen molar-refractivity contribution in [2.45, 2.75) is 25.8 Å². The summed E-state index contributed by atoms with van der Waals surface area (Å²) in [6, 6.07) is 18.9. The molecule has 1 heterocycles. The number of para-hydroxylation sites is 1. The van der Waals surface area contributed by atoms with Gasteiger partial charge < -0.3 is 35.3 Å². The number of carbonyl (C=O) groups is 4. The molecule has 1 aromatic heterocycles. The van der Waals surface area contributed by atoms with Gasteiger partial charge in [0.05, 0.1) is 45.9 Å². The normalized spacial score (nSPS) is 11.1. The molecule has 1 atom stereocenters. The van der Waals surface area contributed by atoms with Gasteiger partial charge in [-0.25, -0.2) is 9.78 Å². The van der Waals surface area contributed by atoms with Crippen LogP contribution in [-0.4, -0.2) is 62.3 Å². The molecule has 4 rings (SSSR count). The van der Waals surface area contributed by atoms with Gasteiger partial charge in [0.1, 0.15) is 11.6 Å². The molecule has 0 aliphatic carbocycles. The van der Waals surface area contributed by atoms with Crippen molar-refractivity contribution in [1.29, 1.82) is 0 Å². The number of likely N-dealkylation sites (N-methyl/N-ethyl adjacent to an activating group) is 1. The fraction of sp³-hybridized carbons (Fsp3) is 0.229. The van der Waals surface area contributed by atoms with Crippen LogP contribution in [0, 0.1) is 6.92 Å². The van der Waals surface area contributed by atoms with Gasteiger partial charge in [0.15, 0.2) is 11.5 Å². The molecule has 0 spiro atoms. The minimum Gasteiger partial charge on any atom is -0.495 e. The summed E-state index contributed by atoms with van der Waals surface area (Å²) in [6.07, 6.45) is 1.04. The summed E-state index contributed by atoms with van der Waals surface area (Å²) in [5.74, 6) is -0.409. The van der Waals surface area contributed by atoms with Crippen LogP contribution in [0.4, 0.5) is 22.0 Å². The number of nitrogens with zero attached hydrogens (tertiary/aromatic N) is 2. The molecule has 0 fully saturated rings. The van der Waals surface area contributed by atoms with Crippen LogP contribution >= 0.6 is 0 Å². The summed E-state index contributed by atoms with van der Waals surface area (Å²) in [7, 11) is 5.96. The topological polar surface area (TPSA) is 168 Å². The van der Waals surface area contributed by atoms with Gasteiger partial charge in [-0.15, -0.1) is 0 Å². The summed E-state index contributed by atoms with van der Waals surface area (Å²) in [5, 5.41) is 17.8. The number of benzene rings is 3. The highest BCUT2D eigenvalue weighted by molar-refractivity contribution is 6.01. The Bertz CT molecular complexity index is 1790. The van der Waals surface area contributed by atoms with E-state index in [1.54, 1.807) is 55.6 Å². The minimum atomic E-state index is -1.12. The largest absolute Gasteiger partial charge is 0.495 e. The smallest absolute Gasteiger partial charge is 0.323 e. The lowest BCUT2D eigenvalue weighted by molar-refractivity contribution is -0.137. The molecule has 1 unspecified atom stereocenters. The molecule has 0 saturated heterocycles. The van der Waals surface area contributed by atoms with Crippen LogP contribution in [0.1, 0.15) is 39.5 Å². The number of pyridine rings is 1. The number of methoxy groups -OCH3 is 3. The van der Waals surface area contributed by atoms with E-state index in [1.165, 1.54) is 38.5 Å². The second kappa shape index (κ2) is 15.9. The maximum atomic E-state index is 13.2. The lowest BCUT2D eigenvalue weighted by Crippen LogP contribution is -2.31. The Kier molecular flexibility index (Phi) is 11.5. The van der Waals surface area contributed by atoms with Crippen LogP contribution in [0.25, 0.3) is 0 Å². The summed E-state index contributed by atoms with van der Waals surface area (Å²) in [4.78, 5) is 56.2. The predicted octanol–water partition coefficient (Wildman–Crippen LogP) is 5.21. The Morgan fingerprint density at radius 3 is 2.19 bits per heavy atom. The maximum Gasteiger partial charge on any atom is 0.323 e. The molecule has 13 nitrogen and oxygen atoms in total. The zero-order valence-electron chi connectivity index (χ0n) is 27.2. The molecule has 0 bridgehead atoms. The number of hydrogen-bond donors (Lipinski definition) is 4. The third-order valence-electron chi connectivity index (χ3n) is 7.48. The number of rotatable bonds is 13. The monoisotopic (exact) mass is 655 g/mol. The summed E-state index contributed by atoms with van der Waals surface area (Å²) in [6.45, 7) is 1.89. The number of ether oxygens (including phenoxy) is 3. The van der Waals surface area contributed by atoms with Gasteiger partial charge in [-0.2, -0.15) is 0 Å². The SMILES string of the molecule is COc1cc(CC(=O)N(C)c2ccc(C(CC(=O)O)NC(=O)c3ccc(OC)c(OC)c3)cn2)ccc1NC(=O)Nc1ccccc1C. The van der Waals surface area contributed by atoms with Crippen molar-refractivity contribution in [2.24, 2.45) is 0 Å². The van der Waals surface area contributed by atoms with E-state index >= 15 is 0 Å². The van der Waals surface area contributed by atoms with Gasteiger partial charge in [-0.1, -0.05) is 30.3 Å². The second-order valence-corrected chi connectivity index (χ2v) is 10.7. The van der Waals surface area contributed by atoms with E-state index in [2.05, 4.69) is 20.9 Å². The molecule has 0 aliphatic rings. The fourth-order valence-corrected chi connectivity index (χ4v) is 4.81. The maximum absolute atomic E-state index is 13.2. The van der Waals surface area contributed by atoms with Crippen molar-refractivity contribution in [3.05, 3.63) is 101 Å². The van der Waals surface area contributed by atoms with Gasteiger partial charge in [0, 0.05) is 24.5 Å². The Morgan fingerprint density at radius 2 is 1.54 bits per heavy atom. The van der Waals surface area contributed by atoms with E-state index in [9.17, 15) is 24.3 Å². The average Bonchev–Trinajstić information content (AvgIpc) is 3.08. The predicted molar refractivity (Wildman–Crippen MR) is 180 cm³/mol. The van der Waals surface area contributed by atoms with Gasteiger partial charge in [0.25, 0.3) is 5.91 Å². The number of aliphatic carboxylic acids is 1. The molecule has 250 valence electrons. The zero-order chi connectivity index (χ0) is 34.8. The van der Waals surface area contributed by atoms with Gasteiger partial charge >= 0.3 is 12.0 Å². The molecule has 0 aliphatic heterocycles. The number of aryl methyl sites for hydroxylation is 1. The molecule has 48 heavy (non-hydrogen) atoms. The van der Waals surface area contributed by atoms with Gasteiger partial charge in [-0.3, -0.25) is 19.3 Å². The van der Waals surface area contributed by atoms with Crippen LogP contribution in [0.2, 0.25) is 0 Å². The van der Waals surface area contributed by atoms with Crippen LogP contribution in [-0.2, 0) is 16.0 Å². The number of amides is 4. The molecular formula is C35H37N5O8. The standard InChI is InChI=1S/C35H37N5O8/c1-21-8-6-7-9-25(21)38-35(45)39-26-13-10-22(16-29(26)47-4)17-32(41)40(2)31-15-12-24(20-36-31)27(19-33(42)43)37-34(44)23-11-14-28(46-3)30(18-23)48-5/h6-16,18,20,27H,17,19H2,1-5H3,(H,37,44)(H,42,43)(H2,38,39,45). The Labute approximate surface area is 277 Å². The number of carbonyl (C=O) groups excluding carboxylic acids is 3. The fourth-order valence-electron chi connectivity index (χ4n) is 4.81. The Morgan fingerprint density at radius 1 is 0.833 bits per heavy atom. The number of hydrogen-bond acceptors (Lipinski definition) is 8. The molecule has 3 aromatic carbocycles. The average molecular weight is 656 g/mol. The zero-order valence-corrected chi connectivity index (χ0v) is 27.2. The molecule has 0 saturated carbocycles. The van der Waals surface area contributed by atoms with Gasteiger partial charge in [-0.05, 0) is 66.1 Å². The number of carboxylic acids is 1. The quantitative estimate of drug-likeness (QED) is 0.151. The molecule has 13 heteroatoms. The highest BCUT2D eigenvalue weighted by Crippen LogP contribution is 2.29. The number of nitrogens with one attached hydrogen (secondary N) is 3. The third-order valence-corrected chi connectivity index (χ3v) is 7.48. The molecule has 0 radical (unpaired) electrons. The van der Waals surface area contributed by atoms with Crippen molar-refractivity contribution in [3.8, 4) is 17.2 Å². The van der Waals surface area contributed by atoms with E-state index in [0.717, 1.165) is 5.56 Å². The van der Waals surface area contributed by atoms with Gasteiger partial charge in [0.2, 0.25) is 5.91 Å². The van der Waals surface area contributed by atoms with E-state index in [0.29, 0.717) is 45.6 Å². The number of urea groups is 1. The molecule has 4 amide bonds. The molecule has 4 aromatic rings. The first-order valence-corrected chi connectivity index (χ1v) is 14.8. The molecule has 4 N–H and O–H groups in total. The molecular weight excluding hydrogens is 618 g/mol. The first-order chi connectivity index (χ1) is 23.0. The van der Waals surface area contributed by atoms with Crippen LogP contribution in [0.5, 0.6) is 17.2 Å². The van der Waals surface area contributed by atoms with Crippen molar-refractivity contribution < 1.29 is 38.5 Å². The van der Waals surface area contributed by atoms with Crippen LogP contribution in [0.15, 0.2) is 79.0 Å². The highest BCUT2D eigenvalue weighted by Gasteiger charge is 2.22.